The van der Waals surface area contributed by atoms with E-state index in [1.165, 1.54) is 4.90 Å². The molecule has 14 heteroatoms. The Bertz CT molecular complexity index is 2240. The lowest BCUT2D eigenvalue weighted by molar-refractivity contribution is -0.144. The molecule has 3 aromatic carbocycles. The molecule has 0 radical (unpaired) electrons. The van der Waals surface area contributed by atoms with Crippen LogP contribution in [0.15, 0.2) is 84.4 Å². The van der Waals surface area contributed by atoms with E-state index in [0.717, 1.165) is 49.5 Å². The van der Waals surface area contributed by atoms with Crippen LogP contribution in [0.1, 0.15) is 51.4 Å². The van der Waals surface area contributed by atoms with E-state index >= 15 is 0 Å². The second kappa shape index (κ2) is 19.8. The number of fused-ring (bicyclic) bond motifs is 1. The number of pyridine rings is 1. The number of carbonyl (C=O) groups excluding carboxylic acids is 3. The fraction of sp³-hybridized carbons (Fsp3) is 0.413. The number of thiazole rings is 1. The highest BCUT2D eigenvalue weighted by Crippen LogP contribution is 2.30. The zero-order valence-corrected chi connectivity index (χ0v) is 36.3. The van der Waals surface area contributed by atoms with Crippen LogP contribution in [0.25, 0.3) is 32.6 Å². The number of nitrogens with one attached hydrogen (secondary N) is 2. The maximum atomic E-state index is 14.0. The van der Waals surface area contributed by atoms with E-state index in [-0.39, 0.29) is 44.7 Å². The Kier molecular flexibility index (Phi) is 14.5. The van der Waals surface area contributed by atoms with Gasteiger partial charge < -0.3 is 39.8 Å². The normalized spacial score (nSPS) is 16.4. The van der Waals surface area contributed by atoms with Crippen molar-refractivity contribution >= 4 is 45.6 Å². The fourth-order valence-corrected chi connectivity index (χ4v) is 7.92. The highest BCUT2D eigenvalue weighted by Gasteiger charge is 2.44. The third kappa shape index (κ3) is 11.2. The molecule has 1 fully saturated rings. The summed E-state index contributed by atoms with van der Waals surface area (Å²) >= 11 is 1.58. The number of hydrogen-bond donors (Lipinski definition) is 3. The van der Waals surface area contributed by atoms with E-state index < -0.39 is 35.4 Å². The SMILES string of the molecule is Cc1ncsc1-c1ccc([C@H](C)NC(=O)[C@@H]2C[C@@H](O)CN2C(=O)[C@@H](NC(=O)COCCOCCOc2ccc3nc(-c4ccc(N(C)C)cc4)ccc3c2)C(C)(C)C)cc1. The molecule has 318 valence electrons. The van der Waals surface area contributed by atoms with Crippen LogP contribution in [-0.2, 0) is 23.9 Å². The van der Waals surface area contributed by atoms with Gasteiger partial charge in [0, 0.05) is 43.7 Å². The molecule has 3 amide bonds. The summed E-state index contributed by atoms with van der Waals surface area (Å²) < 4.78 is 17.1. The molecule has 5 aromatic rings. The summed E-state index contributed by atoms with van der Waals surface area (Å²) in [5, 5.41) is 17.4. The van der Waals surface area contributed by atoms with Crippen LogP contribution < -0.4 is 20.3 Å². The van der Waals surface area contributed by atoms with Crippen LogP contribution in [0, 0.1) is 12.3 Å². The highest BCUT2D eigenvalue weighted by atomic mass is 32.1. The lowest BCUT2D eigenvalue weighted by atomic mass is 9.85. The molecule has 0 saturated carbocycles. The average molecular weight is 837 g/mol. The Labute approximate surface area is 356 Å². The van der Waals surface area contributed by atoms with Crippen molar-refractivity contribution in [2.24, 2.45) is 5.41 Å². The quantitative estimate of drug-likeness (QED) is 0.0926. The lowest BCUT2D eigenvalue weighted by Crippen LogP contribution is -2.58. The molecule has 4 atom stereocenters. The topological polar surface area (TPSA) is 155 Å². The number of amides is 3. The molecular weight excluding hydrogens is 781 g/mol. The zero-order chi connectivity index (χ0) is 43.0. The Hall–Kier alpha value is -5.41. The van der Waals surface area contributed by atoms with Gasteiger partial charge in [0.1, 0.15) is 31.0 Å². The number of β-amino-alcohol motifs (C(OH)–C–C–N with tert-alkyl or cyclic N) is 1. The van der Waals surface area contributed by atoms with Gasteiger partial charge in [0.05, 0.1) is 59.3 Å². The molecule has 0 spiro atoms. The second-order valence-electron chi connectivity index (χ2n) is 16.4. The van der Waals surface area contributed by atoms with E-state index in [2.05, 4.69) is 44.8 Å². The number of aliphatic hydroxyl groups excluding tert-OH is 1. The lowest BCUT2D eigenvalue weighted by Gasteiger charge is -2.35. The van der Waals surface area contributed by atoms with Crippen LogP contribution in [0.2, 0.25) is 0 Å². The van der Waals surface area contributed by atoms with Gasteiger partial charge in [-0.05, 0) is 66.8 Å². The molecule has 60 heavy (non-hydrogen) atoms. The minimum atomic E-state index is -0.962. The Morgan fingerprint density at radius 1 is 0.917 bits per heavy atom. The minimum Gasteiger partial charge on any atom is -0.491 e. The Morgan fingerprint density at radius 3 is 2.30 bits per heavy atom. The van der Waals surface area contributed by atoms with Gasteiger partial charge in [-0.15, -0.1) is 11.3 Å². The summed E-state index contributed by atoms with van der Waals surface area (Å²) in [6.07, 6.45) is -0.774. The molecule has 1 saturated heterocycles. The molecule has 1 aliphatic heterocycles. The smallest absolute Gasteiger partial charge is 0.246 e. The third-order valence-electron chi connectivity index (χ3n) is 10.5. The Balaban J connectivity index is 0.917. The number of aliphatic hydroxyl groups is 1. The number of ether oxygens (including phenoxy) is 3. The van der Waals surface area contributed by atoms with Gasteiger partial charge in [-0.25, -0.2) is 9.97 Å². The van der Waals surface area contributed by atoms with Crippen molar-refractivity contribution in [3.63, 3.8) is 0 Å². The second-order valence-corrected chi connectivity index (χ2v) is 17.2. The average Bonchev–Trinajstić information content (AvgIpc) is 3.85. The van der Waals surface area contributed by atoms with Crippen molar-refractivity contribution in [2.45, 2.75) is 65.3 Å². The third-order valence-corrected chi connectivity index (χ3v) is 11.5. The van der Waals surface area contributed by atoms with Gasteiger partial charge in [-0.3, -0.25) is 14.4 Å². The predicted molar refractivity (Wildman–Crippen MR) is 235 cm³/mol. The molecule has 2 aromatic heterocycles. The van der Waals surface area contributed by atoms with Crippen LogP contribution >= 0.6 is 11.3 Å². The van der Waals surface area contributed by atoms with Crippen molar-refractivity contribution in [1.29, 1.82) is 0 Å². The molecule has 0 bridgehead atoms. The largest absolute Gasteiger partial charge is 0.491 e. The van der Waals surface area contributed by atoms with Gasteiger partial charge in [0.15, 0.2) is 0 Å². The van der Waals surface area contributed by atoms with Crippen LogP contribution in [0.4, 0.5) is 5.69 Å². The minimum absolute atomic E-state index is 0.0137. The maximum Gasteiger partial charge on any atom is 0.246 e. The summed E-state index contributed by atoms with van der Waals surface area (Å²) in [5.74, 6) is -0.570. The summed E-state index contributed by atoms with van der Waals surface area (Å²) in [5.41, 5.74) is 8.01. The molecular formula is C46H56N6O7S. The first-order chi connectivity index (χ1) is 28.7. The summed E-state index contributed by atoms with van der Waals surface area (Å²) in [6.45, 7) is 10.1. The number of aromatic nitrogens is 2. The van der Waals surface area contributed by atoms with Gasteiger partial charge in [0.2, 0.25) is 17.7 Å². The first-order valence-corrected chi connectivity index (χ1v) is 21.1. The van der Waals surface area contributed by atoms with Crippen molar-refractivity contribution < 1.29 is 33.7 Å². The predicted octanol–water partition coefficient (Wildman–Crippen LogP) is 6.18. The van der Waals surface area contributed by atoms with E-state index in [1.807, 2.05) is 109 Å². The number of rotatable bonds is 17. The molecule has 3 N–H and O–H groups in total. The number of hydrogen-bond acceptors (Lipinski definition) is 11. The summed E-state index contributed by atoms with van der Waals surface area (Å²) in [6, 6.07) is 23.9. The van der Waals surface area contributed by atoms with Crippen LogP contribution in [0.3, 0.4) is 0 Å². The first kappa shape index (κ1) is 44.2. The van der Waals surface area contributed by atoms with Crippen molar-refractivity contribution in [3.8, 4) is 27.4 Å². The molecule has 3 heterocycles. The van der Waals surface area contributed by atoms with Gasteiger partial charge in [-0.2, -0.15) is 0 Å². The number of likely N-dealkylation sites (tertiary alicyclic amines) is 1. The fourth-order valence-electron chi connectivity index (χ4n) is 7.11. The highest BCUT2D eigenvalue weighted by molar-refractivity contribution is 7.13. The number of benzene rings is 3. The standard InChI is InChI=1S/C46H56N6O7S/c1-29(31-8-10-33(11-9-31)42-30(2)47-28-60-42)48-44(55)40-25-36(53)26-52(40)45(56)43(46(3,4)5)50-41(54)27-58-21-20-57-22-23-59-37-17-19-39-34(24-37)14-18-38(49-39)32-12-15-35(16-13-32)51(6)7/h8-19,24,28-29,36,40,43,53H,20-23,25-27H2,1-7H3,(H,48,55)(H,50,54)/t29-,36+,40-,43+/m0/s1. The van der Waals surface area contributed by atoms with Crippen LogP contribution in [-0.4, -0.2) is 110 Å². The van der Waals surface area contributed by atoms with E-state index in [9.17, 15) is 19.5 Å². The van der Waals surface area contributed by atoms with Crippen molar-refractivity contribution in [3.05, 3.63) is 95.6 Å². The van der Waals surface area contributed by atoms with Crippen molar-refractivity contribution in [2.75, 3.05) is 58.6 Å². The molecule has 0 aliphatic carbocycles. The van der Waals surface area contributed by atoms with Crippen molar-refractivity contribution in [1.82, 2.24) is 25.5 Å². The molecule has 1 aliphatic rings. The first-order valence-electron chi connectivity index (χ1n) is 20.2. The number of anilines is 1. The number of aryl methyl sites for hydroxylation is 1. The number of carbonyl (C=O) groups is 3. The van der Waals surface area contributed by atoms with E-state index in [4.69, 9.17) is 19.2 Å². The maximum absolute atomic E-state index is 14.0. The van der Waals surface area contributed by atoms with Crippen LogP contribution in [0.5, 0.6) is 5.75 Å². The summed E-state index contributed by atoms with van der Waals surface area (Å²) in [7, 11) is 4.03. The van der Waals surface area contributed by atoms with Gasteiger partial charge in [-0.1, -0.05) is 63.2 Å². The monoisotopic (exact) mass is 836 g/mol. The summed E-state index contributed by atoms with van der Waals surface area (Å²) in [4.78, 5) is 54.3. The molecule has 0 unspecified atom stereocenters. The molecule has 13 nitrogen and oxygen atoms in total. The Morgan fingerprint density at radius 2 is 1.62 bits per heavy atom. The zero-order valence-electron chi connectivity index (χ0n) is 35.4. The van der Waals surface area contributed by atoms with Gasteiger partial charge >= 0.3 is 0 Å². The van der Waals surface area contributed by atoms with E-state index in [0.29, 0.717) is 19.0 Å². The van der Waals surface area contributed by atoms with Gasteiger partial charge in [0.25, 0.3) is 0 Å². The number of nitrogens with zero attached hydrogens (tertiary/aromatic N) is 4. The molecule has 6 rings (SSSR count). The van der Waals surface area contributed by atoms with E-state index in [1.54, 1.807) is 11.3 Å².